The van der Waals surface area contributed by atoms with Gasteiger partial charge in [-0.25, -0.2) is 5.01 Å². The van der Waals surface area contributed by atoms with E-state index in [4.69, 9.17) is 9.68 Å². The van der Waals surface area contributed by atoms with Gasteiger partial charge in [0.2, 0.25) is 0 Å². The van der Waals surface area contributed by atoms with Crippen LogP contribution in [0.5, 0.6) is 0 Å². The monoisotopic (exact) mass is 486 g/mol. The number of hydrazone groups is 1. The molecule has 0 radical (unpaired) electrons. The van der Waals surface area contributed by atoms with Gasteiger partial charge in [-0.2, -0.15) is 5.10 Å². The highest BCUT2D eigenvalue weighted by atomic mass is 32.2. The van der Waals surface area contributed by atoms with E-state index >= 15 is 0 Å². The lowest BCUT2D eigenvalue weighted by Crippen LogP contribution is -2.34. The van der Waals surface area contributed by atoms with E-state index in [1.165, 1.54) is 37.7 Å². The first-order chi connectivity index (χ1) is 16.6. The molecule has 1 aromatic rings. The Bertz CT molecular complexity index is 962. The fraction of sp³-hybridized carbons (Fsp3) is 0.500. The van der Waals surface area contributed by atoms with Gasteiger partial charge in [0.25, 0.3) is 5.91 Å². The zero-order valence-corrected chi connectivity index (χ0v) is 21.2. The summed E-state index contributed by atoms with van der Waals surface area (Å²) in [5.41, 5.74) is 2.96. The van der Waals surface area contributed by atoms with Gasteiger partial charge in [-0.15, -0.1) is 0 Å². The van der Waals surface area contributed by atoms with E-state index in [0.717, 1.165) is 17.8 Å². The van der Waals surface area contributed by atoms with Crippen molar-refractivity contribution in [3.63, 3.8) is 0 Å². The van der Waals surface area contributed by atoms with Crippen molar-refractivity contribution in [2.24, 2.45) is 15.4 Å². The maximum atomic E-state index is 12.2. The summed E-state index contributed by atoms with van der Waals surface area (Å²) >= 11 is 1.83. The Balaban J connectivity index is 1.53. The fourth-order valence-electron chi connectivity index (χ4n) is 3.79. The maximum absolute atomic E-state index is 12.2. The van der Waals surface area contributed by atoms with E-state index in [2.05, 4.69) is 44.5 Å². The van der Waals surface area contributed by atoms with Gasteiger partial charge in [-0.3, -0.25) is 4.79 Å². The Morgan fingerprint density at radius 2 is 2.12 bits per heavy atom. The Morgan fingerprint density at radius 1 is 1.29 bits per heavy atom. The summed E-state index contributed by atoms with van der Waals surface area (Å²) in [6.07, 6.45) is 9.30. The zero-order chi connectivity index (χ0) is 24.3. The number of unbranched alkanes of at least 4 members (excludes halogenated alkanes) is 3. The highest BCUT2D eigenvalue weighted by molar-refractivity contribution is 8.03. The van der Waals surface area contributed by atoms with E-state index in [-0.39, 0.29) is 23.7 Å². The summed E-state index contributed by atoms with van der Waals surface area (Å²) in [6, 6.07) is 7.39. The van der Waals surface area contributed by atoms with E-state index in [1.54, 1.807) is 19.3 Å². The molecule has 1 amide bonds. The van der Waals surface area contributed by atoms with Gasteiger partial charge >= 0.3 is 0 Å². The Hall–Kier alpha value is -3.01. The number of thioether (sulfide) groups is 1. The van der Waals surface area contributed by atoms with Crippen LogP contribution in [0, 0.1) is 0 Å². The molecular weight excluding hydrogens is 452 g/mol. The number of benzene rings is 1. The van der Waals surface area contributed by atoms with Crippen LogP contribution < -0.4 is 5.32 Å². The Kier molecular flexibility index (Phi) is 9.81. The first-order valence-electron chi connectivity index (χ1n) is 11.6. The summed E-state index contributed by atoms with van der Waals surface area (Å²) in [6.45, 7) is 5.59. The van der Waals surface area contributed by atoms with Crippen LogP contribution in [-0.2, 0) is 21.1 Å². The number of amides is 1. The third-order valence-electron chi connectivity index (χ3n) is 5.60. The van der Waals surface area contributed by atoms with E-state index in [1.807, 2.05) is 36.3 Å². The molecule has 1 aromatic carbocycles. The van der Waals surface area contributed by atoms with Crippen molar-refractivity contribution in [3.8, 4) is 0 Å². The number of rotatable bonds is 13. The lowest BCUT2D eigenvalue weighted by atomic mass is 10.0. The van der Waals surface area contributed by atoms with Gasteiger partial charge in [-0.1, -0.05) is 72.5 Å². The second-order valence-electron chi connectivity index (χ2n) is 7.95. The average Bonchev–Trinajstić information content (AvgIpc) is 3.38. The number of nitrogens with zero attached hydrogens (tertiary/aromatic N) is 5. The van der Waals surface area contributed by atoms with Crippen molar-refractivity contribution < 1.29 is 14.5 Å². The minimum atomic E-state index is -0.334. The molecule has 0 spiro atoms. The van der Waals surface area contributed by atoms with Gasteiger partial charge in [0, 0.05) is 42.3 Å². The molecule has 0 saturated heterocycles. The van der Waals surface area contributed by atoms with Crippen LogP contribution in [0.15, 0.2) is 50.3 Å². The first kappa shape index (κ1) is 25.6. The number of carbonyl (C=O) groups is 1. The summed E-state index contributed by atoms with van der Waals surface area (Å²) in [5.74, 6) is -0.334. The van der Waals surface area contributed by atoms with E-state index in [0.29, 0.717) is 12.0 Å². The Morgan fingerprint density at radius 3 is 2.88 bits per heavy atom. The number of allylic oxidation sites excluding steroid dienone is 2. The third kappa shape index (κ3) is 6.31. The van der Waals surface area contributed by atoms with Crippen molar-refractivity contribution in [3.05, 3.63) is 46.0 Å². The smallest absolute Gasteiger partial charge is 0.273 e. The normalized spacial score (nSPS) is 17.6. The molecule has 1 atom stereocenters. The molecule has 2 aliphatic rings. The summed E-state index contributed by atoms with van der Waals surface area (Å²) in [5, 5.41) is 17.3. The van der Waals surface area contributed by atoms with Crippen LogP contribution in [0.2, 0.25) is 0 Å². The molecule has 3 rings (SSSR count). The molecule has 0 aliphatic carbocycles. The molecule has 0 saturated carbocycles. The summed E-state index contributed by atoms with van der Waals surface area (Å²) < 4.78 is 0. The highest BCUT2D eigenvalue weighted by Gasteiger charge is 2.37. The average molecular weight is 487 g/mol. The van der Waals surface area contributed by atoms with Crippen LogP contribution in [-0.4, -0.2) is 60.3 Å². The molecule has 0 aromatic heterocycles. The fourth-order valence-corrected chi connectivity index (χ4v) is 5.00. The summed E-state index contributed by atoms with van der Waals surface area (Å²) in [7, 11) is 2.96. The molecule has 184 valence electrons. The topological polar surface area (TPSA) is 91.1 Å². The molecule has 10 heteroatoms. The Labute approximate surface area is 205 Å². The van der Waals surface area contributed by atoms with E-state index < -0.39 is 0 Å². The minimum absolute atomic E-state index is 0.189. The molecule has 34 heavy (non-hydrogen) atoms. The lowest BCUT2D eigenvalue weighted by Gasteiger charge is -2.24. The van der Waals surface area contributed by atoms with Crippen molar-refractivity contribution in [2.75, 3.05) is 20.7 Å². The molecule has 1 N–H and O–H groups in total. The standard InChI is InChI=1S/C24H34N6O3S/c1-5-6-7-10-15-29-17-26-30-21(18(2)34-24(29)30)13-14-27-33-16-19-11-8-9-12-20(19)22(28-32-4)23(31)25-3/h8-9,11-12,14,17,24H,5-7,10,13,15-16H2,1-4H3,(H,25,31). The molecule has 2 heterocycles. The number of hydrogen-bond acceptors (Lipinski definition) is 9. The molecule has 0 fully saturated rings. The van der Waals surface area contributed by atoms with Gasteiger partial charge in [-0.05, 0) is 13.3 Å². The van der Waals surface area contributed by atoms with Gasteiger partial charge < -0.3 is 19.9 Å². The predicted octanol–water partition coefficient (Wildman–Crippen LogP) is 4.08. The van der Waals surface area contributed by atoms with Crippen LogP contribution >= 0.6 is 11.8 Å². The van der Waals surface area contributed by atoms with Crippen LogP contribution in [0.4, 0.5) is 0 Å². The SMILES string of the molecule is CCCCCCN1C=NN2C(CC=NOCc3ccccc3C(=NOC)C(=O)NC)=C(C)SC12. The maximum Gasteiger partial charge on any atom is 0.273 e. The van der Waals surface area contributed by atoms with Gasteiger partial charge in [0.1, 0.15) is 20.1 Å². The van der Waals surface area contributed by atoms with Crippen LogP contribution in [0.1, 0.15) is 57.1 Å². The molecular formula is C24H34N6O3S. The lowest BCUT2D eigenvalue weighted by molar-refractivity contribution is -0.114. The van der Waals surface area contributed by atoms with Gasteiger partial charge in [0.05, 0.1) is 5.70 Å². The number of likely N-dealkylation sites (N-methyl/N-ethyl adjacent to an activating group) is 1. The predicted molar refractivity (Wildman–Crippen MR) is 137 cm³/mol. The summed E-state index contributed by atoms with van der Waals surface area (Å²) in [4.78, 5) is 26.2. The zero-order valence-electron chi connectivity index (χ0n) is 20.4. The highest BCUT2D eigenvalue weighted by Crippen LogP contribution is 2.42. The third-order valence-corrected chi connectivity index (χ3v) is 6.87. The van der Waals surface area contributed by atoms with Crippen LogP contribution in [0.3, 0.4) is 0 Å². The second-order valence-corrected chi connectivity index (χ2v) is 9.22. The number of hydrogen-bond donors (Lipinski definition) is 1. The number of fused-ring (bicyclic) bond motifs is 1. The molecule has 0 bridgehead atoms. The number of carbonyl (C=O) groups excluding carboxylic acids is 1. The van der Waals surface area contributed by atoms with Crippen molar-refractivity contribution in [1.29, 1.82) is 0 Å². The molecule has 2 aliphatic heterocycles. The number of nitrogens with one attached hydrogen (secondary N) is 1. The second kappa shape index (κ2) is 13.0. The quantitative estimate of drug-likeness (QED) is 0.257. The largest absolute Gasteiger partial charge is 0.398 e. The van der Waals surface area contributed by atoms with Crippen LogP contribution in [0.25, 0.3) is 0 Å². The van der Waals surface area contributed by atoms with Crippen molar-refractivity contribution in [2.45, 2.75) is 58.1 Å². The first-order valence-corrected chi connectivity index (χ1v) is 12.5. The minimum Gasteiger partial charge on any atom is -0.398 e. The number of oxime groups is 2. The van der Waals surface area contributed by atoms with Crippen molar-refractivity contribution in [1.82, 2.24) is 15.2 Å². The van der Waals surface area contributed by atoms with Crippen molar-refractivity contribution >= 4 is 35.9 Å². The molecule has 1 unspecified atom stereocenters. The van der Waals surface area contributed by atoms with Gasteiger partial charge in [0.15, 0.2) is 11.2 Å². The van der Waals surface area contributed by atoms with E-state index in [9.17, 15) is 4.79 Å². The molecule has 9 nitrogen and oxygen atoms in total.